The van der Waals surface area contributed by atoms with E-state index in [1.165, 1.54) is 37.1 Å². The summed E-state index contributed by atoms with van der Waals surface area (Å²) in [5, 5.41) is 0.492. The highest BCUT2D eigenvalue weighted by Crippen LogP contribution is 2.42. The van der Waals surface area contributed by atoms with Gasteiger partial charge in [0.25, 0.3) is 0 Å². The maximum atomic E-state index is 5.83. The number of nitrogens with zero attached hydrogens (tertiary/aromatic N) is 2. The molecule has 2 N–H and O–H groups in total. The molecular weight excluding hydrogens is 206 g/mol. The quantitative estimate of drug-likeness (QED) is 0.833. The van der Waals surface area contributed by atoms with Gasteiger partial charge in [0.15, 0.2) is 0 Å². The molecule has 3 nitrogen and oxygen atoms in total. The lowest BCUT2D eigenvalue weighted by molar-refractivity contribution is 0.766. The summed E-state index contributed by atoms with van der Waals surface area (Å²) in [5.41, 5.74) is 7.00. The van der Waals surface area contributed by atoms with Crippen molar-refractivity contribution in [3.63, 3.8) is 0 Å². The molecule has 0 amide bonds. The molecule has 1 aromatic heterocycles. The summed E-state index contributed by atoms with van der Waals surface area (Å²) in [4.78, 5) is 9.04. The SMILES string of the molecule is Nc1cc(C2CC2)nc(C2CCCS2)n1. The van der Waals surface area contributed by atoms with Gasteiger partial charge in [-0.25, -0.2) is 9.97 Å². The van der Waals surface area contributed by atoms with Gasteiger partial charge in [0, 0.05) is 17.7 Å². The summed E-state index contributed by atoms with van der Waals surface area (Å²) >= 11 is 1.96. The van der Waals surface area contributed by atoms with Crippen LogP contribution in [0, 0.1) is 0 Å². The number of hydrogen-bond acceptors (Lipinski definition) is 4. The van der Waals surface area contributed by atoms with Crippen LogP contribution in [0.1, 0.15) is 48.4 Å². The van der Waals surface area contributed by atoms with E-state index >= 15 is 0 Å². The first-order valence-corrected chi connectivity index (χ1v) is 6.64. The predicted molar refractivity (Wildman–Crippen MR) is 62.9 cm³/mol. The van der Waals surface area contributed by atoms with Crippen LogP contribution in [-0.2, 0) is 0 Å². The number of anilines is 1. The first-order chi connectivity index (χ1) is 7.33. The molecule has 1 saturated heterocycles. The normalized spacial score (nSPS) is 25.7. The van der Waals surface area contributed by atoms with E-state index in [4.69, 9.17) is 5.73 Å². The molecule has 1 unspecified atom stereocenters. The summed E-state index contributed by atoms with van der Waals surface area (Å²) < 4.78 is 0. The second kappa shape index (κ2) is 3.67. The van der Waals surface area contributed by atoms with E-state index in [-0.39, 0.29) is 0 Å². The summed E-state index contributed by atoms with van der Waals surface area (Å²) in [7, 11) is 0. The Balaban J connectivity index is 1.91. The minimum Gasteiger partial charge on any atom is -0.384 e. The fraction of sp³-hybridized carbons (Fsp3) is 0.636. The number of rotatable bonds is 2. The fourth-order valence-electron chi connectivity index (χ4n) is 2.02. The molecule has 2 aliphatic rings. The van der Waals surface area contributed by atoms with Crippen LogP contribution in [-0.4, -0.2) is 15.7 Å². The Morgan fingerprint density at radius 2 is 2.13 bits per heavy atom. The highest BCUT2D eigenvalue weighted by molar-refractivity contribution is 7.99. The number of thioether (sulfide) groups is 1. The molecule has 80 valence electrons. The largest absolute Gasteiger partial charge is 0.384 e. The van der Waals surface area contributed by atoms with Crippen molar-refractivity contribution in [1.82, 2.24) is 9.97 Å². The van der Waals surface area contributed by atoms with E-state index in [0.717, 1.165) is 5.82 Å². The summed E-state index contributed by atoms with van der Waals surface area (Å²) in [5.74, 6) is 3.52. The van der Waals surface area contributed by atoms with E-state index < -0.39 is 0 Å². The molecule has 0 aromatic carbocycles. The van der Waals surface area contributed by atoms with Crippen molar-refractivity contribution in [2.75, 3.05) is 11.5 Å². The zero-order valence-corrected chi connectivity index (χ0v) is 9.46. The van der Waals surface area contributed by atoms with Gasteiger partial charge in [0.1, 0.15) is 11.6 Å². The van der Waals surface area contributed by atoms with Crippen molar-refractivity contribution in [2.24, 2.45) is 0 Å². The Morgan fingerprint density at radius 3 is 2.80 bits per heavy atom. The van der Waals surface area contributed by atoms with E-state index in [1.54, 1.807) is 0 Å². The van der Waals surface area contributed by atoms with Crippen molar-refractivity contribution in [1.29, 1.82) is 0 Å². The summed E-state index contributed by atoms with van der Waals surface area (Å²) in [6.45, 7) is 0. The van der Waals surface area contributed by atoms with Crippen LogP contribution in [0.15, 0.2) is 6.07 Å². The van der Waals surface area contributed by atoms with Gasteiger partial charge < -0.3 is 5.73 Å². The first-order valence-electron chi connectivity index (χ1n) is 5.59. The number of hydrogen-bond donors (Lipinski definition) is 1. The molecule has 0 bridgehead atoms. The molecule has 1 saturated carbocycles. The van der Waals surface area contributed by atoms with Crippen LogP contribution in [0.3, 0.4) is 0 Å². The van der Waals surface area contributed by atoms with Crippen LogP contribution < -0.4 is 5.73 Å². The van der Waals surface area contributed by atoms with Crippen LogP contribution in [0.25, 0.3) is 0 Å². The summed E-state index contributed by atoms with van der Waals surface area (Å²) in [6.07, 6.45) is 5.03. The molecule has 4 heteroatoms. The number of nitrogens with two attached hydrogens (primary N) is 1. The molecule has 2 heterocycles. The molecule has 1 aliphatic carbocycles. The molecular formula is C11H15N3S. The van der Waals surface area contributed by atoms with Crippen molar-refractivity contribution in [3.05, 3.63) is 17.6 Å². The minimum atomic E-state index is 0.492. The van der Waals surface area contributed by atoms with Crippen LogP contribution in [0.5, 0.6) is 0 Å². The predicted octanol–water partition coefficient (Wildman–Crippen LogP) is 2.50. The molecule has 0 spiro atoms. The molecule has 3 rings (SSSR count). The zero-order valence-electron chi connectivity index (χ0n) is 8.65. The molecule has 2 fully saturated rings. The van der Waals surface area contributed by atoms with Crippen molar-refractivity contribution in [2.45, 2.75) is 36.9 Å². The highest BCUT2D eigenvalue weighted by atomic mass is 32.2. The van der Waals surface area contributed by atoms with Gasteiger partial charge >= 0.3 is 0 Å². The average molecular weight is 221 g/mol. The third kappa shape index (κ3) is 1.95. The molecule has 1 atom stereocenters. The number of aromatic nitrogens is 2. The van der Waals surface area contributed by atoms with Gasteiger partial charge in [0.05, 0.1) is 5.25 Å². The highest BCUT2D eigenvalue weighted by Gasteiger charge is 2.28. The molecule has 0 radical (unpaired) electrons. The topological polar surface area (TPSA) is 51.8 Å². The van der Waals surface area contributed by atoms with Crippen LogP contribution in [0.2, 0.25) is 0 Å². The third-order valence-electron chi connectivity index (χ3n) is 3.00. The van der Waals surface area contributed by atoms with E-state index in [2.05, 4.69) is 9.97 Å². The van der Waals surface area contributed by atoms with Gasteiger partial charge in [-0.2, -0.15) is 11.8 Å². The standard InChI is InChI=1S/C11H15N3S/c12-10-6-8(7-3-4-7)13-11(14-10)9-2-1-5-15-9/h6-7,9H,1-5H2,(H2,12,13,14). The number of nitrogen functional groups attached to an aromatic ring is 1. The minimum absolute atomic E-state index is 0.492. The lowest BCUT2D eigenvalue weighted by Gasteiger charge is -2.09. The zero-order chi connectivity index (χ0) is 10.3. The fourth-order valence-corrected chi connectivity index (χ4v) is 3.22. The van der Waals surface area contributed by atoms with Gasteiger partial charge in [0.2, 0.25) is 0 Å². The third-order valence-corrected chi connectivity index (χ3v) is 4.37. The Morgan fingerprint density at radius 1 is 1.27 bits per heavy atom. The molecule has 1 aromatic rings. The van der Waals surface area contributed by atoms with Gasteiger partial charge in [-0.15, -0.1) is 0 Å². The Bertz CT molecular complexity index is 370. The van der Waals surface area contributed by atoms with Crippen LogP contribution >= 0.6 is 11.8 Å². The molecule has 15 heavy (non-hydrogen) atoms. The second-order valence-electron chi connectivity index (χ2n) is 4.35. The van der Waals surface area contributed by atoms with E-state index in [1.807, 2.05) is 17.8 Å². The van der Waals surface area contributed by atoms with Crippen molar-refractivity contribution < 1.29 is 0 Å². The van der Waals surface area contributed by atoms with Gasteiger partial charge in [-0.3, -0.25) is 0 Å². The van der Waals surface area contributed by atoms with Crippen LogP contribution in [0.4, 0.5) is 5.82 Å². The van der Waals surface area contributed by atoms with Crippen molar-refractivity contribution in [3.8, 4) is 0 Å². The summed E-state index contributed by atoms with van der Waals surface area (Å²) in [6, 6.07) is 1.95. The van der Waals surface area contributed by atoms with Gasteiger partial charge in [-0.1, -0.05) is 0 Å². The smallest absolute Gasteiger partial charge is 0.143 e. The Kier molecular flexibility index (Phi) is 2.31. The monoisotopic (exact) mass is 221 g/mol. The lowest BCUT2D eigenvalue weighted by Crippen LogP contribution is -2.04. The Hall–Kier alpha value is -0.770. The molecule has 1 aliphatic heterocycles. The second-order valence-corrected chi connectivity index (χ2v) is 5.66. The maximum Gasteiger partial charge on any atom is 0.143 e. The lowest BCUT2D eigenvalue weighted by atomic mass is 10.2. The van der Waals surface area contributed by atoms with E-state index in [0.29, 0.717) is 17.0 Å². The van der Waals surface area contributed by atoms with Gasteiger partial charge in [-0.05, 0) is 31.4 Å². The average Bonchev–Trinajstić information content (AvgIpc) is 2.93. The van der Waals surface area contributed by atoms with Crippen molar-refractivity contribution >= 4 is 17.6 Å². The Labute approximate surface area is 93.9 Å². The first kappa shape index (κ1) is 9.46. The maximum absolute atomic E-state index is 5.83. The van der Waals surface area contributed by atoms with E-state index in [9.17, 15) is 0 Å².